The van der Waals surface area contributed by atoms with E-state index in [0.717, 1.165) is 13.0 Å². The fraction of sp³-hybridized carbons (Fsp3) is 0.750. The summed E-state index contributed by atoms with van der Waals surface area (Å²) in [7, 11) is 0. The first-order valence-corrected chi connectivity index (χ1v) is 2.01. The molecule has 0 saturated heterocycles. The Balaban J connectivity index is 0. The molecule has 7 heavy (non-hydrogen) atoms. The Morgan fingerprint density at radius 3 is 2.43 bits per heavy atom. The summed E-state index contributed by atoms with van der Waals surface area (Å²) in [6, 6.07) is 0. The third-order valence-electron chi connectivity index (χ3n) is 0.447. The van der Waals surface area contributed by atoms with Crippen LogP contribution in [0, 0.1) is 0 Å². The van der Waals surface area contributed by atoms with Crippen LogP contribution in [0.25, 0.3) is 0 Å². The molecule has 0 aromatic carbocycles. The van der Waals surface area contributed by atoms with Crippen LogP contribution in [0.15, 0.2) is 0 Å². The zero-order chi connectivity index (χ0) is 4.83. The summed E-state index contributed by atoms with van der Waals surface area (Å²) in [5, 5.41) is 2.39. The van der Waals surface area contributed by atoms with E-state index in [1.54, 1.807) is 6.41 Å². The first-order valence-electron chi connectivity index (χ1n) is 2.01. The Hall–Kier alpha value is 0.158. The molecule has 42 valence electrons. The van der Waals surface area contributed by atoms with Gasteiger partial charge in [0, 0.05) is 21.1 Å². The van der Waals surface area contributed by atoms with E-state index in [2.05, 4.69) is 5.32 Å². The van der Waals surface area contributed by atoms with Gasteiger partial charge < -0.3 is 10.1 Å². The van der Waals surface area contributed by atoms with Gasteiger partial charge in [0.25, 0.3) is 0 Å². The molecule has 0 spiro atoms. The minimum atomic E-state index is 0. The quantitative estimate of drug-likeness (QED) is 0.438. The average Bonchev–Trinajstić information content (AvgIpc) is 1.61. The molecule has 0 saturated carbocycles. The van der Waals surface area contributed by atoms with Gasteiger partial charge in [-0.1, -0.05) is 6.92 Å². The molecule has 0 radical (unpaired) electrons. The van der Waals surface area contributed by atoms with E-state index in [-0.39, 0.29) is 21.1 Å². The minimum Gasteiger partial charge on any atom is -0.530 e. The summed E-state index contributed by atoms with van der Waals surface area (Å²) >= 11 is 0. The van der Waals surface area contributed by atoms with Crippen LogP contribution in [0.5, 0.6) is 0 Å². The van der Waals surface area contributed by atoms with Gasteiger partial charge in [-0.2, -0.15) is 6.41 Å². The van der Waals surface area contributed by atoms with Crippen molar-refractivity contribution in [2.45, 2.75) is 13.3 Å². The number of nitrogens with one attached hydrogen (secondary N) is 1. The molecule has 0 aromatic heterocycles. The second kappa shape index (κ2) is 9.48. The summed E-state index contributed by atoms with van der Waals surface area (Å²) in [4.78, 5) is 9.33. The second-order valence-corrected chi connectivity index (χ2v) is 1.03. The van der Waals surface area contributed by atoms with Crippen LogP contribution in [0.2, 0.25) is 0 Å². The van der Waals surface area contributed by atoms with Gasteiger partial charge in [0.2, 0.25) is 0 Å². The van der Waals surface area contributed by atoms with Crippen molar-refractivity contribution < 1.29 is 25.9 Å². The van der Waals surface area contributed by atoms with Crippen LogP contribution in [0.1, 0.15) is 13.3 Å². The standard InChI is InChI=1S/C4H8NO.W/c1-2-3-5-4-6;/h2-3H2,1H3,(H,5,6);/q-1;. The molecule has 0 atom stereocenters. The van der Waals surface area contributed by atoms with E-state index in [0.29, 0.717) is 0 Å². The molecule has 3 heteroatoms. The molecule has 0 aliphatic heterocycles. The normalized spacial score (nSPS) is 6.43. The van der Waals surface area contributed by atoms with Crippen molar-refractivity contribution in [3.8, 4) is 0 Å². The molecule has 1 N–H and O–H groups in total. The number of carbonyl (C=O) groups excluding carboxylic acids is 1. The van der Waals surface area contributed by atoms with Gasteiger partial charge in [-0.3, -0.25) is 0 Å². The fourth-order valence-corrected chi connectivity index (χ4v) is 0.176. The van der Waals surface area contributed by atoms with Gasteiger partial charge in [-0.05, 0) is 13.0 Å². The molecule has 0 aromatic rings. The van der Waals surface area contributed by atoms with Crippen molar-refractivity contribution in [3.63, 3.8) is 0 Å². The van der Waals surface area contributed by atoms with Crippen molar-refractivity contribution in [1.29, 1.82) is 0 Å². The molecular formula is C4H8NOW-. The fourth-order valence-electron chi connectivity index (χ4n) is 0.176. The molecule has 0 aliphatic rings. The van der Waals surface area contributed by atoms with Gasteiger partial charge in [0.1, 0.15) is 0 Å². The smallest absolute Gasteiger partial charge is 0 e. The number of hydrogen-bond donors (Lipinski definition) is 1. The number of amides is 1. The first kappa shape index (κ1) is 10.2. The van der Waals surface area contributed by atoms with E-state index in [1.807, 2.05) is 6.92 Å². The number of hydrogen-bond acceptors (Lipinski definition) is 1. The van der Waals surface area contributed by atoms with Crippen LogP contribution < -0.4 is 5.32 Å². The van der Waals surface area contributed by atoms with Crippen LogP contribution in [0.4, 0.5) is 0 Å². The van der Waals surface area contributed by atoms with E-state index in [1.165, 1.54) is 0 Å². The van der Waals surface area contributed by atoms with Gasteiger partial charge >= 0.3 is 0 Å². The van der Waals surface area contributed by atoms with Crippen molar-refractivity contribution in [2.24, 2.45) is 0 Å². The summed E-state index contributed by atoms with van der Waals surface area (Å²) in [5.41, 5.74) is 0. The van der Waals surface area contributed by atoms with Crippen molar-refractivity contribution in [1.82, 2.24) is 5.32 Å². The maximum Gasteiger partial charge on any atom is 0 e. The Morgan fingerprint density at radius 2 is 2.29 bits per heavy atom. The third-order valence-corrected chi connectivity index (χ3v) is 0.447. The molecule has 0 fully saturated rings. The van der Waals surface area contributed by atoms with Crippen LogP contribution in [-0.4, -0.2) is 13.0 Å². The van der Waals surface area contributed by atoms with Crippen LogP contribution in [0.3, 0.4) is 0 Å². The van der Waals surface area contributed by atoms with Gasteiger partial charge in [-0.25, -0.2) is 0 Å². The van der Waals surface area contributed by atoms with Gasteiger partial charge in [0.15, 0.2) is 0 Å². The predicted molar refractivity (Wildman–Crippen MR) is 24.0 cm³/mol. The molecule has 2 nitrogen and oxygen atoms in total. The first-order chi connectivity index (χ1) is 2.91. The Kier molecular flexibility index (Phi) is 13.8. The van der Waals surface area contributed by atoms with Crippen LogP contribution >= 0.6 is 0 Å². The zero-order valence-corrected chi connectivity index (χ0v) is 7.16. The van der Waals surface area contributed by atoms with E-state index < -0.39 is 0 Å². The molecule has 0 rings (SSSR count). The van der Waals surface area contributed by atoms with Gasteiger partial charge in [-0.15, -0.1) is 0 Å². The van der Waals surface area contributed by atoms with E-state index in [4.69, 9.17) is 0 Å². The Morgan fingerprint density at radius 1 is 1.71 bits per heavy atom. The number of rotatable bonds is 3. The van der Waals surface area contributed by atoms with E-state index >= 15 is 0 Å². The Bertz CT molecular complexity index is 40.7. The summed E-state index contributed by atoms with van der Waals surface area (Å²) < 4.78 is 0. The van der Waals surface area contributed by atoms with Crippen molar-refractivity contribution in [3.05, 3.63) is 0 Å². The topological polar surface area (TPSA) is 29.1 Å². The minimum absolute atomic E-state index is 0. The summed E-state index contributed by atoms with van der Waals surface area (Å²) in [6.45, 7) is 2.73. The molecule has 0 unspecified atom stereocenters. The molecule has 0 aliphatic carbocycles. The molecular weight excluding hydrogens is 262 g/mol. The molecule has 0 bridgehead atoms. The summed E-state index contributed by atoms with van der Waals surface area (Å²) in [5.74, 6) is 0. The van der Waals surface area contributed by atoms with Crippen molar-refractivity contribution >= 4 is 6.41 Å². The average molecular weight is 270 g/mol. The zero-order valence-electron chi connectivity index (χ0n) is 4.23. The monoisotopic (exact) mass is 270 g/mol. The van der Waals surface area contributed by atoms with Gasteiger partial charge in [0.05, 0.1) is 0 Å². The predicted octanol–water partition coefficient (Wildman–Crippen LogP) is 0.0507. The third kappa shape index (κ3) is 10.7. The van der Waals surface area contributed by atoms with E-state index in [9.17, 15) is 4.79 Å². The van der Waals surface area contributed by atoms with Crippen LogP contribution in [-0.2, 0) is 25.9 Å². The Labute approximate surface area is 57.9 Å². The van der Waals surface area contributed by atoms with Crippen molar-refractivity contribution in [2.75, 3.05) is 6.54 Å². The molecule has 1 amide bonds. The molecule has 0 heterocycles. The largest absolute Gasteiger partial charge is 0.530 e. The SMILES string of the molecule is CCCN[C-]=O.[W]. The summed E-state index contributed by atoms with van der Waals surface area (Å²) in [6.07, 6.45) is 2.55. The maximum atomic E-state index is 9.33. The maximum absolute atomic E-state index is 9.33. The second-order valence-electron chi connectivity index (χ2n) is 1.03.